The number of para-hydroxylation sites is 1. The van der Waals surface area contributed by atoms with E-state index in [1.807, 2.05) is 6.07 Å². The summed E-state index contributed by atoms with van der Waals surface area (Å²) in [5.74, 6) is 0.413. The quantitative estimate of drug-likeness (QED) is 0.820. The fraction of sp³-hybridized carbons (Fsp3) is 0.417. The number of hydrogen-bond donors (Lipinski definition) is 1. The molecular formula is C12H16BrNO3. The molecule has 1 aromatic rings. The highest BCUT2D eigenvalue weighted by molar-refractivity contribution is 9.10. The molecule has 0 saturated heterocycles. The number of carbonyl (C=O) groups excluding carboxylic acids is 1. The van der Waals surface area contributed by atoms with Gasteiger partial charge in [0.15, 0.2) is 0 Å². The van der Waals surface area contributed by atoms with Crippen LogP contribution in [-0.2, 0) is 4.74 Å². The molecule has 0 bridgehead atoms. The summed E-state index contributed by atoms with van der Waals surface area (Å²) in [6.07, 6.45) is 0.790. The third-order valence-corrected chi connectivity index (χ3v) is 2.85. The second-order valence-corrected chi connectivity index (χ2v) is 4.28. The maximum Gasteiger partial charge on any atom is 0.255 e. The van der Waals surface area contributed by atoms with Gasteiger partial charge < -0.3 is 14.8 Å². The van der Waals surface area contributed by atoms with E-state index in [9.17, 15) is 4.79 Å². The van der Waals surface area contributed by atoms with Crippen LogP contribution in [0.5, 0.6) is 5.75 Å². The van der Waals surface area contributed by atoms with Gasteiger partial charge in [0, 0.05) is 20.3 Å². The highest BCUT2D eigenvalue weighted by Gasteiger charge is 2.13. The Kier molecular flexibility index (Phi) is 6.00. The lowest BCUT2D eigenvalue weighted by atomic mass is 10.2. The largest absolute Gasteiger partial charge is 0.495 e. The smallest absolute Gasteiger partial charge is 0.255 e. The monoisotopic (exact) mass is 301 g/mol. The van der Waals surface area contributed by atoms with Gasteiger partial charge in [0.25, 0.3) is 5.91 Å². The van der Waals surface area contributed by atoms with Crippen molar-refractivity contribution >= 4 is 21.8 Å². The van der Waals surface area contributed by atoms with Crippen molar-refractivity contribution in [1.82, 2.24) is 5.32 Å². The maximum atomic E-state index is 11.9. The molecule has 5 heteroatoms. The summed E-state index contributed by atoms with van der Waals surface area (Å²) in [4.78, 5) is 11.9. The van der Waals surface area contributed by atoms with E-state index in [4.69, 9.17) is 9.47 Å². The summed E-state index contributed by atoms with van der Waals surface area (Å²) in [6.45, 7) is 1.22. The Bertz CT molecular complexity index is 382. The lowest BCUT2D eigenvalue weighted by molar-refractivity contribution is 0.0945. The molecule has 0 aromatic heterocycles. The standard InChI is InChI=1S/C12H16BrNO3/c1-16-8-4-7-14-12(15)9-5-3-6-10(13)11(9)17-2/h3,5-6H,4,7-8H2,1-2H3,(H,14,15). The molecule has 1 amide bonds. The number of carbonyl (C=O) groups is 1. The third kappa shape index (κ3) is 4.02. The number of nitrogens with one attached hydrogen (secondary N) is 1. The minimum Gasteiger partial charge on any atom is -0.495 e. The van der Waals surface area contributed by atoms with Gasteiger partial charge in [-0.15, -0.1) is 0 Å². The fourth-order valence-electron chi connectivity index (χ4n) is 1.41. The average molecular weight is 302 g/mol. The summed E-state index contributed by atoms with van der Waals surface area (Å²) in [5, 5.41) is 2.82. The Morgan fingerprint density at radius 3 is 2.82 bits per heavy atom. The number of benzene rings is 1. The van der Waals surface area contributed by atoms with Crippen molar-refractivity contribution in [2.24, 2.45) is 0 Å². The molecule has 0 atom stereocenters. The number of hydrogen-bond acceptors (Lipinski definition) is 3. The van der Waals surface area contributed by atoms with Crippen molar-refractivity contribution in [3.63, 3.8) is 0 Å². The normalized spacial score (nSPS) is 10.1. The topological polar surface area (TPSA) is 47.6 Å². The average Bonchev–Trinajstić information content (AvgIpc) is 2.34. The van der Waals surface area contributed by atoms with Crippen LogP contribution in [0.25, 0.3) is 0 Å². The first-order chi connectivity index (χ1) is 8.20. The van der Waals surface area contributed by atoms with Gasteiger partial charge in [-0.25, -0.2) is 0 Å². The zero-order valence-electron chi connectivity index (χ0n) is 9.96. The van der Waals surface area contributed by atoms with Gasteiger partial charge in [-0.05, 0) is 34.5 Å². The molecule has 0 spiro atoms. The maximum absolute atomic E-state index is 11.9. The van der Waals surface area contributed by atoms with Gasteiger partial charge in [0.2, 0.25) is 0 Å². The number of amides is 1. The predicted octanol–water partition coefficient (Wildman–Crippen LogP) is 2.22. The van der Waals surface area contributed by atoms with Crippen molar-refractivity contribution in [3.05, 3.63) is 28.2 Å². The Labute approximate surface area is 109 Å². The van der Waals surface area contributed by atoms with Crippen molar-refractivity contribution in [1.29, 1.82) is 0 Å². The van der Waals surface area contributed by atoms with Crippen LogP contribution in [0.3, 0.4) is 0 Å². The molecule has 1 aromatic carbocycles. The zero-order valence-corrected chi connectivity index (χ0v) is 11.5. The van der Waals surface area contributed by atoms with Crippen molar-refractivity contribution in [2.45, 2.75) is 6.42 Å². The highest BCUT2D eigenvalue weighted by Crippen LogP contribution is 2.28. The Morgan fingerprint density at radius 2 is 2.18 bits per heavy atom. The molecule has 1 rings (SSSR count). The van der Waals surface area contributed by atoms with Crippen LogP contribution in [0.2, 0.25) is 0 Å². The zero-order chi connectivity index (χ0) is 12.7. The molecule has 0 aliphatic rings. The number of halogens is 1. The van der Waals surface area contributed by atoms with E-state index in [-0.39, 0.29) is 5.91 Å². The SMILES string of the molecule is COCCCNC(=O)c1cccc(Br)c1OC. The van der Waals surface area contributed by atoms with E-state index in [1.165, 1.54) is 0 Å². The number of rotatable bonds is 6. The highest BCUT2D eigenvalue weighted by atomic mass is 79.9. The van der Waals surface area contributed by atoms with Gasteiger partial charge in [0.1, 0.15) is 5.75 Å². The minimum absolute atomic E-state index is 0.140. The van der Waals surface area contributed by atoms with Crippen LogP contribution in [-0.4, -0.2) is 33.3 Å². The van der Waals surface area contributed by atoms with Crippen LogP contribution >= 0.6 is 15.9 Å². The summed E-state index contributed by atoms with van der Waals surface area (Å²) in [7, 11) is 3.18. The first-order valence-electron chi connectivity index (χ1n) is 5.30. The van der Waals surface area contributed by atoms with E-state index in [0.29, 0.717) is 24.5 Å². The number of ether oxygens (including phenoxy) is 2. The van der Waals surface area contributed by atoms with Crippen LogP contribution in [0.4, 0.5) is 0 Å². The molecule has 0 heterocycles. The molecule has 0 aliphatic carbocycles. The van der Waals surface area contributed by atoms with Crippen molar-refractivity contribution in [3.8, 4) is 5.75 Å². The Hall–Kier alpha value is -1.07. The van der Waals surface area contributed by atoms with E-state index in [2.05, 4.69) is 21.2 Å². The summed E-state index contributed by atoms with van der Waals surface area (Å²) in [6, 6.07) is 5.37. The Balaban J connectivity index is 2.65. The van der Waals surface area contributed by atoms with Gasteiger partial charge in [-0.2, -0.15) is 0 Å². The van der Waals surface area contributed by atoms with Crippen LogP contribution in [0.1, 0.15) is 16.8 Å². The molecule has 1 N–H and O–H groups in total. The summed E-state index contributed by atoms with van der Waals surface area (Å²) in [5.41, 5.74) is 0.527. The summed E-state index contributed by atoms with van der Waals surface area (Å²) >= 11 is 3.34. The van der Waals surface area contributed by atoms with Crippen LogP contribution in [0.15, 0.2) is 22.7 Å². The second-order valence-electron chi connectivity index (χ2n) is 3.42. The van der Waals surface area contributed by atoms with Gasteiger partial charge in [0.05, 0.1) is 17.1 Å². The van der Waals surface area contributed by atoms with Gasteiger partial charge in [-0.1, -0.05) is 6.07 Å². The minimum atomic E-state index is -0.140. The van der Waals surface area contributed by atoms with Crippen molar-refractivity contribution in [2.75, 3.05) is 27.4 Å². The van der Waals surface area contributed by atoms with Crippen LogP contribution < -0.4 is 10.1 Å². The molecule has 94 valence electrons. The molecule has 4 nitrogen and oxygen atoms in total. The van der Waals surface area contributed by atoms with E-state index >= 15 is 0 Å². The molecule has 0 saturated carbocycles. The van der Waals surface area contributed by atoms with Crippen molar-refractivity contribution < 1.29 is 14.3 Å². The molecule has 0 radical (unpaired) electrons. The first kappa shape index (κ1) is 14.0. The Morgan fingerprint density at radius 1 is 1.41 bits per heavy atom. The molecule has 0 fully saturated rings. The fourth-order valence-corrected chi connectivity index (χ4v) is 1.94. The van der Waals surface area contributed by atoms with E-state index in [1.54, 1.807) is 26.4 Å². The van der Waals surface area contributed by atoms with Gasteiger partial charge >= 0.3 is 0 Å². The molecular weight excluding hydrogens is 286 g/mol. The molecule has 0 aliphatic heterocycles. The number of methoxy groups -OCH3 is 2. The lowest BCUT2D eigenvalue weighted by Crippen LogP contribution is -2.25. The lowest BCUT2D eigenvalue weighted by Gasteiger charge is -2.10. The molecule has 17 heavy (non-hydrogen) atoms. The predicted molar refractivity (Wildman–Crippen MR) is 69.5 cm³/mol. The van der Waals surface area contributed by atoms with E-state index < -0.39 is 0 Å². The molecule has 0 unspecified atom stereocenters. The first-order valence-corrected chi connectivity index (χ1v) is 6.09. The van der Waals surface area contributed by atoms with Gasteiger partial charge in [-0.3, -0.25) is 4.79 Å². The third-order valence-electron chi connectivity index (χ3n) is 2.23. The summed E-state index contributed by atoms with van der Waals surface area (Å²) < 4.78 is 10.9. The van der Waals surface area contributed by atoms with Crippen LogP contribution in [0, 0.1) is 0 Å². The second kappa shape index (κ2) is 7.29. The van der Waals surface area contributed by atoms with E-state index in [0.717, 1.165) is 10.9 Å².